The van der Waals surface area contributed by atoms with Gasteiger partial charge in [-0.1, -0.05) is 42.1 Å². The van der Waals surface area contributed by atoms with E-state index in [-0.39, 0.29) is 43.7 Å². The van der Waals surface area contributed by atoms with Crippen LogP contribution in [0.5, 0.6) is 0 Å². The molecule has 11 nitrogen and oxygen atoms in total. The molecule has 0 bridgehead atoms. The van der Waals surface area contributed by atoms with Crippen LogP contribution in [0, 0.1) is 5.41 Å². The molecule has 0 spiro atoms. The second-order valence-electron chi connectivity index (χ2n) is 8.95. The smallest absolute Gasteiger partial charge is 0.395 e. The summed E-state index contributed by atoms with van der Waals surface area (Å²) in [7, 11) is -3.84. The maximum atomic E-state index is 13.4. The molecule has 0 aromatic heterocycles. The molecule has 1 aliphatic rings. The first kappa shape index (κ1) is 30.5. The number of aliphatic hydroxyl groups excluding tert-OH is 2. The molecule has 1 saturated heterocycles. The van der Waals surface area contributed by atoms with E-state index in [1.165, 1.54) is 6.20 Å². The van der Waals surface area contributed by atoms with E-state index in [0.717, 1.165) is 17.3 Å². The van der Waals surface area contributed by atoms with Crippen LogP contribution in [0.25, 0.3) is 0 Å². The Balaban J connectivity index is 1.94. The van der Waals surface area contributed by atoms with Crippen LogP contribution in [0.3, 0.4) is 0 Å². The molecule has 36 heavy (non-hydrogen) atoms. The lowest BCUT2D eigenvalue weighted by molar-refractivity contribution is -0.120. The number of amides is 1. The highest BCUT2D eigenvalue weighted by atomic mass is 32.2. The lowest BCUT2D eigenvalue weighted by atomic mass is 9.97. The van der Waals surface area contributed by atoms with Crippen LogP contribution < -0.4 is 16.1 Å². The molecule has 1 fully saturated rings. The first-order valence-electron chi connectivity index (χ1n) is 11.5. The maximum absolute atomic E-state index is 13.4. The number of aliphatic hydroxyl groups is 2. The van der Waals surface area contributed by atoms with Crippen LogP contribution in [-0.2, 0) is 34.5 Å². The van der Waals surface area contributed by atoms with Gasteiger partial charge >= 0.3 is 7.75 Å². The Morgan fingerprint density at radius 2 is 2.00 bits per heavy atom. The molecule has 1 aromatic rings. The topological polar surface area (TPSA) is 169 Å². The number of primary amides is 1. The number of ether oxygens (including phenoxy) is 1. The summed E-state index contributed by atoms with van der Waals surface area (Å²) in [6.45, 7) is 4.47. The van der Waals surface area contributed by atoms with Gasteiger partial charge in [0.25, 0.3) is 0 Å². The Kier molecular flexibility index (Phi) is 12.1. The first-order chi connectivity index (χ1) is 17.0. The second-order valence-corrected chi connectivity index (χ2v) is 11.8. The highest BCUT2D eigenvalue weighted by Crippen LogP contribution is 2.45. The molecular weight excluding hydrogens is 509 g/mol. The number of nitrogens with one attached hydrogen (secondary N) is 2. The molecule has 2 rings (SSSR count). The minimum absolute atomic E-state index is 0.0492. The van der Waals surface area contributed by atoms with E-state index in [0.29, 0.717) is 5.57 Å². The maximum Gasteiger partial charge on any atom is 0.405 e. The van der Waals surface area contributed by atoms with Crippen molar-refractivity contribution in [1.29, 1.82) is 0 Å². The van der Waals surface area contributed by atoms with Gasteiger partial charge in [0, 0.05) is 30.5 Å². The van der Waals surface area contributed by atoms with Gasteiger partial charge in [-0.15, -0.1) is 0 Å². The fraction of sp³-hybridized carbons (Fsp3) is 0.565. The summed E-state index contributed by atoms with van der Waals surface area (Å²) in [5.74, 6) is -0.369. The number of hydrogen-bond acceptors (Lipinski definition) is 10. The van der Waals surface area contributed by atoms with Crippen molar-refractivity contribution >= 4 is 30.5 Å². The van der Waals surface area contributed by atoms with Crippen molar-refractivity contribution in [1.82, 2.24) is 10.4 Å². The van der Waals surface area contributed by atoms with Gasteiger partial charge in [0.15, 0.2) is 5.12 Å². The number of nitrogens with two attached hydrogens (primary N) is 1. The van der Waals surface area contributed by atoms with E-state index in [1.54, 1.807) is 20.8 Å². The Hall–Kier alpha value is -1.76. The minimum atomic E-state index is -3.84. The largest absolute Gasteiger partial charge is 0.405 e. The van der Waals surface area contributed by atoms with Crippen molar-refractivity contribution in [3.63, 3.8) is 0 Å². The van der Waals surface area contributed by atoms with Crippen LogP contribution in [0.2, 0.25) is 0 Å². The zero-order chi connectivity index (χ0) is 26.8. The number of thioether (sulfide) groups is 1. The van der Waals surface area contributed by atoms with Crippen molar-refractivity contribution in [2.45, 2.75) is 52.2 Å². The number of carbonyl (C=O) groups excluding carboxylic acids is 2. The molecule has 1 heterocycles. The van der Waals surface area contributed by atoms with Crippen molar-refractivity contribution in [3.8, 4) is 0 Å². The number of hydrogen-bond donors (Lipinski definition) is 5. The molecule has 0 saturated carbocycles. The summed E-state index contributed by atoms with van der Waals surface area (Å²) in [4.78, 5) is 23.3. The number of rotatable bonds is 15. The summed E-state index contributed by atoms with van der Waals surface area (Å²) in [5, 5.41) is 25.1. The van der Waals surface area contributed by atoms with Gasteiger partial charge in [0.1, 0.15) is 12.3 Å². The minimum Gasteiger partial charge on any atom is -0.395 e. The molecule has 2 unspecified atom stereocenters. The van der Waals surface area contributed by atoms with Gasteiger partial charge < -0.3 is 26.0 Å². The number of carbonyl (C=O) groups is 2. The molecular formula is C23H36N3O8PS. The Morgan fingerprint density at radius 3 is 2.64 bits per heavy atom. The number of benzene rings is 1. The predicted molar refractivity (Wildman–Crippen MR) is 136 cm³/mol. The predicted octanol–water partition coefficient (Wildman–Crippen LogP) is 1.65. The molecule has 0 aliphatic carbocycles. The zero-order valence-corrected chi connectivity index (χ0v) is 22.4. The van der Waals surface area contributed by atoms with Crippen LogP contribution in [0.1, 0.15) is 32.8 Å². The highest BCUT2D eigenvalue weighted by molar-refractivity contribution is 8.13. The third-order valence-corrected chi connectivity index (χ3v) is 8.09. The Morgan fingerprint density at radius 1 is 1.31 bits per heavy atom. The lowest BCUT2D eigenvalue weighted by Gasteiger charge is -2.23. The molecule has 1 amide bonds. The zero-order valence-electron chi connectivity index (χ0n) is 20.7. The van der Waals surface area contributed by atoms with Crippen molar-refractivity contribution in [3.05, 3.63) is 47.7 Å². The van der Waals surface area contributed by atoms with E-state index in [9.17, 15) is 24.4 Å². The van der Waals surface area contributed by atoms with Crippen molar-refractivity contribution in [2.75, 3.05) is 25.6 Å². The summed E-state index contributed by atoms with van der Waals surface area (Å²) in [6.07, 6.45) is -0.644. The standard InChI is InChI=1S/C23H36N3O8PS/c1-16(21(24)29)12-25-20-11-18(28)19(34-20)14-33-35(31,26-13-17-7-5-4-6-8-17)32-9-10-36-22(30)23(2,3)15-27/h4-8,12,18-20,25,27-28H,9-11,13-15H2,1-3H3,(H2,24,29)(H,26,31)/b16-12-/t18?,19-,20-,35?/m0/s1. The first-order valence-corrected chi connectivity index (χ1v) is 14.0. The highest BCUT2D eigenvalue weighted by Gasteiger charge is 2.36. The third kappa shape index (κ3) is 9.95. The summed E-state index contributed by atoms with van der Waals surface area (Å²) in [6, 6.07) is 9.26. The normalized spacial score (nSPS) is 22.2. The fourth-order valence-electron chi connectivity index (χ4n) is 2.91. The summed E-state index contributed by atoms with van der Waals surface area (Å²) in [5.41, 5.74) is 5.47. The van der Waals surface area contributed by atoms with Gasteiger partial charge in [-0.25, -0.2) is 9.65 Å². The summed E-state index contributed by atoms with van der Waals surface area (Å²) >= 11 is 0.977. The van der Waals surface area contributed by atoms with Crippen LogP contribution in [-0.4, -0.2) is 65.2 Å². The third-order valence-electron chi connectivity index (χ3n) is 5.35. The SMILES string of the molecule is C/C(=C/N[C@@H]1CC(O)[C@H](COP(=O)(NCc2ccccc2)OCCSC(=O)C(C)(C)CO)O1)C(N)=O. The lowest BCUT2D eigenvalue weighted by Crippen LogP contribution is -2.29. The molecule has 202 valence electrons. The quantitative estimate of drug-likeness (QED) is 0.123. The molecule has 13 heteroatoms. The van der Waals surface area contributed by atoms with Gasteiger partial charge in [0.2, 0.25) is 5.91 Å². The average molecular weight is 546 g/mol. The van der Waals surface area contributed by atoms with E-state index >= 15 is 0 Å². The molecule has 6 N–H and O–H groups in total. The molecule has 4 atom stereocenters. The van der Waals surface area contributed by atoms with Crippen LogP contribution in [0.4, 0.5) is 0 Å². The van der Waals surface area contributed by atoms with E-state index in [4.69, 9.17) is 19.5 Å². The summed E-state index contributed by atoms with van der Waals surface area (Å²) < 4.78 is 30.3. The fourth-order valence-corrected chi connectivity index (χ4v) is 5.15. The average Bonchev–Trinajstić information content (AvgIpc) is 3.22. The van der Waals surface area contributed by atoms with Gasteiger partial charge in [-0.3, -0.25) is 18.6 Å². The van der Waals surface area contributed by atoms with E-state index < -0.39 is 37.5 Å². The Bertz CT molecular complexity index is 947. The molecule has 1 aromatic carbocycles. The van der Waals surface area contributed by atoms with Gasteiger partial charge in [-0.2, -0.15) is 0 Å². The van der Waals surface area contributed by atoms with Crippen molar-refractivity contribution in [2.24, 2.45) is 11.1 Å². The monoisotopic (exact) mass is 545 g/mol. The van der Waals surface area contributed by atoms with Gasteiger partial charge in [-0.05, 0) is 26.3 Å². The van der Waals surface area contributed by atoms with Gasteiger partial charge in [0.05, 0.1) is 31.3 Å². The molecule has 1 aliphatic heterocycles. The van der Waals surface area contributed by atoms with Crippen LogP contribution >= 0.6 is 19.5 Å². The van der Waals surface area contributed by atoms with E-state index in [2.05, 4.69) is 10.4 Å². The second kappa shape index (κ2) is 14.3. The van der Waals surface area contributed by atoms with E-state index in [1.807, 2.05) is 30.3 Å². The Labute approximate surface area is 215 Å². The van der Waals surface area contributed by atoms with Crippen LogP contribution in [0.15, 0.2) is 42.1 Å². The molecule has 0 radical (unpaired) electrons. The van der Waals surface area contributed by atoms with Crippen molar-refractivity contribution < 1.29 is 38.2 Å².